The summed E-state index contributed by atoms with van der Waals surface area (Å²) in [7, 11) is -3.86. The molecule has 1 fully saturated rings. The number of fused-ring (bicyclic) bond motifs is 1. The van der Waals surface area contributed by atoms with Crippen molar-refractivity contribution in [2.45, 2.75) is 23.9 Å². The second-order valence-corrected chi connectivity index (χ2v) is 7.99. The number of nitrogens with one attached hydrogen (secondary N) is 1. The molecule has 0 bridgehead atoms. The van der Waals surface area contributed by atoms with Crippen molar-refractivity contribution in [2.75, 3.05) is 19.8 Å². The minimum atomic E-state index is -3.86. The topological polar surface area (TPSA) is 119 Å². The summed E-state index contributed by atoms with van der Waals surface area (Å²) in [5.74, 6) is -0.923. The Kier molecular flexibility index (Phi) is 5.73. The molecule has 27 heavy (non-hydrogen) atoms. The average Bonchev–Trinajstić information content (AvgIpc) is 2.66. The highest BCUT2D eigenvalue weighted by Crippen LogP contribution is 2.20. The van der Waals surface area contributed by atoms with Gasteiger partial charge < -0.3 is 15.4 Å². The molecule has 1 saturated heterocycles. The number of nitrogens with two attached hydrogens (primary N) is 1. The molecule has 1 aliphatic heterocycles. The first-order valence-electron chi connectivity index (χ1n) is 8.53. The standard InChI is InChI=1S/C18H21N3O5S/c19-16(22)7-8-18(23)21-9-10-26-12-17(21)20-27(24,25)15-6-5-13-3-1-2-4-14(13)11-15/h1-6,11,17,20H,7-10,12H2,(H2,19,22)/t17-/m1/s1. The van der Waals surface area contributed by atoms with Crippen molar-refractivity contribution >= 4 is 32.6 Å². The van der Waals surface area contributed by atoms with Crippen LogP contribution in [0.15, 0.2) is 47.4 Å². The van der Waals surface area contributed by atoms with Gasteiger partial charge in [-0.2, -0.15) is 4.72 Å². The van der Waals surface area contributed by atoms with E-state index < -0.39 is 22.1 Å². The number of benzene rings is 2. The fraction of sp³-hybridized carbons (Fsp3) is 0.333. The molecule has 2 amide bonds. The van der Waals surface area contributed by atoms with E-state index in [1.54, 1.807) is 12.1 Å². The lowest BCUT2D eigenvalue weighted by Crippen LogP contribution is -2.57. The number of morpholine rings is 1. The van der Waals surface area contributed by atoms with Crippen molar-refractivity contribution in [3.63, 3.8) is 0 Å². The van der Waals surface area contributed by atoms with Crippen LogP contribution < -0.4 is 10.5 Å². The van der Waals surface area contributed by atoms with E-state index >= 15 is 0 Å². The Morgan fingerprint density at radius 1 is 1.15 bits per heavy atom. The molecule has 0 radical (unpaired) electrons. The zero-order valence-corrected chi connectivity index (χ0v) is 15.4. The van der Waals surface area contributed by atoms with E-state index in [1.807, 2.05) is 24.3 Å². The highest BCUT2D eigenvalue weighted by molar-refractivity contribution is 7.89. The number of carbonyl (C=O) groups excluding carboxylic acids is 2. The van der Waals surface area contributed by atoms with Crippen LogP contribution in [0.25, 0.3) is 10.8 Å². The van der Waals surface area contributed by atoms with Crippen LogP contribution in [0.3, 0.4) is 0 Å². The monoisotopic (exact) mass is 391 g/mol. The minimum Gasteiger partial charge on any atom is -0.376 e. The van der Waals surface area contributed by atoms with Crippen molar-refractivity contribution in [2.24, 2.45) is 5.73 Å². The summed E-state index contributed by atoms with van der Waals surface area (Å²) in [5, 5.41) is 1.73. The fourth-order valence-corrected chi connectivity index (χ4v) is 4.17. The van der Waals surface area contributed by atoms with E-state index in [0.717, 1.165) is 10.8 Å². The zero-order valence-electron chi connectivity index (χ0n) is 14.6. The summed E-state index contributed by atoms with van der Waals surface area (Å²) in [6.07, 6.45) is -0.986. The molecule has 0 spiro atoms. The van der Waals surface area contributed by atoms with Crippen molar-refractivity contribution < 1.29 is 22.7 Å². The Morgan fingerprint density at radius 3 is 2.63 bits per heavy atom. The van der Waals surface area contributed by atoms with E-state index in [2.05, 4.69) is 4.72 Å². The summed E-state index contributed by atoms with van der Waals surface area (Å²) in [6, 6.07) is 12.3. The minimum absolute atomic E-state index is 0.0368. The number of carbonyl (C=O) groups is 2. The number of rotatable bonds is 6. The SMILES string of the molecule is NC(=O)CCC(=O)N1CCOC[C@@H]1NS(=O)(=O)c1ccc2ccccc2c1. The van der Waals surface area contributed by atoms with Crippen molar-refractivity contribution in [1.29, 1.82) is 0 Å². The molecule has 1 aliphatic rings. The summed E-state index contributed by atoms with van der Waals surface area (Å²) >= 11 is 0. The maximum atomic E-state index is 12.8. The van der Waals surface area contributed by atoms with Gasteiger partial charge in [-0.25, -0.2) is 8.42 Å². The van der Waals surface area contributed by atoms with E-state index in [0.29, 0.717) is 6.61 Å². The molecule has 0 unspecified atom stereocenters. The van der Waals surface area contributed by atoms with Gasteiger partial charge in [0, 0.05) is 19.4 Å². The molecule has 3 N–H and O–H groups in total. The van der Waals surface area contributed by atoms with Crippen LogP contribution in [-0.2, 0) is 24.3 Å². The molecule has 1 atom stereocenters. The number of primary amides is 1. The number of hydrogen-bond acceptors (Lipinski definition) is 5. The lowest BCUT2D eigenvalue weighted by Gasteiger charge is -2.35. The molecule has 8 nitrogen and oxygen atoms in total. The number of sulfonamides is 1. The van der Waals surface area contributed by atoms with E-state index in [9.17, 15) is 18.0 Å². The van der Waals surface area contributed by atoms with Crippen LogP contribution in [-0.4, -0.2) is 51.1 Å². The number of nitrogens with zero attached hydrogens (tertiary/aromatic N) is 1. The number of ether oxygens (including phenoxy) is 1. The Hall–Kier alpha value is -2.49. The molecular formula is C18H21N3O5S. The average molecular weight is 391 g/mol. The molecule has 144 valence electrons. The maximum absolute atomic E-state index is 12.8. The van der Waals surface area contributed by atoms with Gasteiger partial charge in [-0.15, -0.1) is 0 Å². The van der Waals surface area contributed by atoms with Gasteiger partial charge in [-0.3, -0.25) is 9.59 Å². The fourth-order valence-electron chi connectivity index (χ4n) is 2.96. The predicted molar refractivity (Wildman–Crippen MR) is 99.0 cm³/mol. The van der Waals surface area contributed by atoms with Crippen LogP contribution >= 0.6 is 0 Å². The van der Waals surface area contributed by atoms with Gasteiger partial charge in [0.1, 0.15) is 6.17 Å². The Labute approximate surface area is 157 Å². The summed E-state index contributed by atoms with van der Waals surface area (Å²) in [5.41, 5.74) is 5.08. The number of hydrogen-bond donors (Lipinski definition) is 2. The first-order chi connectivity index (χ1) is 12.9. The van der Waals surface area contributed by atoms with E-state index in [4.69, 9.17) is 10.5 Å². The first-order valence-corrected chi connectivity index (χ1v) is 10.0. The molecule has 9 heteroatoms. The smallest absolute Gasteiger partial charge is 0.242 e. The Morgan fingerprint density at radius 2 is 1.89 bits per heavy atom. The summed E-state index contributed by atoms with van der Waals surface area (Å²) in [4.78, 5) is 24.7. The van der Waals surface area contributed by atoms with Gasteiger partial charge in [0.25, 0.3) is 0 Å². The molecule has 0 aliphatic carbocycles. The Bertz CT molecular complexity index is 960. The number of amides is 2. The van der Waals surface area contributed by atoms with Gasteiger partial charge in [0.15, 0.2) is 0 Å². The largest absolute Gasteiger partial charge is 0.376 e. The third kappa shape index (κ3) is 4.62. The second-order valence-electron chi connectivity index (χ2n) is 6.27. The van der Waals surface area contributed by atoms with Gasteiger partial charge in [-0.05, 0) is 22.9 Å². The summed E-state index contributed by atoms with van der Waals surface area (Å²) in [6.45, 7) is 0.578. The van der Waals surface area contributed by atoms with Crippen molar-refractivity contribution in [1.82, 2.24) is 9.62 Å². The lowest BCUT2D eigenvalue weighted by atomic mass is 10.1. The maximum Gasteiger partial charge on any atom is 0.242 e. The third-order valence-electron chi connectivity index (χ3n) is 4.36. The first kappa shape index (κ1) is 19.3. The second kappa shape index (κ2) is 8.03. The van der Waals surface area contributed by atoms with Gasteiger partial charge >= 0.3 is 0 Å². The molecule has 0 saturated carbocycles. The van der Waals surface area contributed by atoms with E-state index in [1.165, 1.54) is 11.0 Å². The van der Waals surface area contributed by atoms with Gasteiger partial charge in [0.2, 0.25) is 21.8 Å². The summed E-state index contributed by atoms with van der Waals surface area (Å²) < 4.78 is 33.5. The molecule has 2 aromatic carbocycles. The quantitative estimate of drug-likeness (QED) is 0.746. The highest BCUT2D eigenvalue weighted by atomic mass is 32.2. The van der Waals surface area contributed by atoms with Crippen LogP contribution in [0, 0.1) is 0 Å². The molecular weight excluding hydrogens is 370 g/mol. The third-order valence-corrected chi connectivity index (χ3v) is 5.81. The highest BCUT2D eigenvalue weighted by Gasteiger charge is 2.31. The molecule has 3 rings (SSSR count). The van der Waals surface area contributed by atoms with Gasteiger partial charge in [0.05, 0.1) is 18.1 Å². The predicted octanol–water partition coefficient (Wildman–Crippen LogP) is 0.569. The normalized spacial score (nSPS) is 17.8. The molecule has 1 heterocycles. The van der Waals surface area contributed by atoms with E-state index in [-0.39, 0.29) is 36.8 Å². The van der Waals surface area contributed by atoms with Crippen LogP contribution in [0.2, 0.25) is 0 Å². The van der Waals surface area contributed by atoms with Crippen LogP contribution in [0.5, 0.6) is 0 Å². The molecule has 0 aromatic heterocycles. The molecule has 2 aromatic rings. The zero-order chi connectivity index (χ0) is 19.4. The van der Waals surface area contributed by atoms with Crippen molar-refractivity contribution in [3.8, 4) is 0 Å². The van der Waals surface area contributed by atoms with Crippen molar-refractivity contribution in [3.05, 3.63) is 42.5 Å². The van der Waals surface area contributed by atoms with Gasteiger partial charge in [-0.1, -0.05) is 30.3 Å². The lowest BCUT2D eigenvalue weighted by molar-refractivity contribution is -0.141. The van der Waals surface area contributed by atoms with Crippen LogP contribution in [0.1, 0.15) is 12.8 Å². The Balaban J connectivity index is 1.79. The van der Waals surface area contributed by atoms with Crippen LogP contribution in [0.4, 0.5) is 0 Å².